The molecule has 74 valence electrons. The number of nitrogens with two attached hydrogens (primary N) is 1. The molecule has 3 N–H and O–H groups in total. The molecule has 5 nitrogen and oxygen atoms in total. The number of hydrogen-bond donors (Lipinski definition) is 2. The third-order valence-electron chi connectivity index (χ3n) is 1.89. The monoisotopic (exact) mass is 212 g/mol. The molecule has 0 radical (unpaired) electrons. The number of nitrogens with zero attached hydrogens (tertiary/aromatic N) is 2. The Labute approximate surface area is 86.9 Å². The summed E-state index contributed by atoms with van der Waals surface area (Å²) in [5.41, 5.74) is 1.66. The highest BCUT2D eigenvalue weighted by Gasteiger charge is 2.30. The van der Waals surface area contributed by atoms with E-state index in [1.165, 1.54) is 6.21 Å². The first kappa shape index (κ1) is 10.6. The molecule has 0 fully saturated rings. The molecule has 0 spiro atoms. The molecule has 1 amide bonds. The second kappa shape index (κ2) is 3.71. The summed E-state index contributed by atoms with van der Waals surface area (Å²) >= 11 is 0. The Bertz CT molecular complexity index is 383. The maximum absolute atomic E-state index is 11.3. The van der Waals surface area contributed by atoms with Crippen molar-refractivity contribution >= 4 is 23.5 Å². The highest BCUT2D eigenvalue weighted by molar-refractivity contribution is 6.73. The van der Waals surface area contributed by atoms with Crippen LogP contribution in [0.25, 0.3) is 0 Å². The second-order valence-corrected chi connectivity index (χ2v) is 2.86. The van der Waals surface area contributed by atoms with Crippen molar-refractivity contribution in [2.24, 2.45) is 9.98 Å². The maximum Gasteiger partial charge on any atom is 0.273 e. The Balaban J connectivity index is 0.000000980. The molecule has 0 saturated carbocycles. The van der Waals surface area contributed by atoms with Gasteiger partial charge in [0.15, 0.2) is 11.9 Å². The van der Waals surface area contributed by atoms with Gasteiger partial charge in [-0.1, -0.05) is 0 Å². The summed E-state index contributed by atoms with van der Waals surface area (Å²) in [4.78, 5) is 19.5. The fourth-order valence-electron chi connectivity index (χ4n) is 1.30. The van der Waals surface area contributed by atoms with E-state index >= 15 is 0 Å². The third-order valence-corrected chi connectivity index (χ3v) is 1.89. The van der Waals surface area contributed by atoms with Crippen molar-refractivity contribution in [1.82, 2.24) is 5.32 Å². The molecule has 0 saturated heterocycles. The molecule has 1 atom stereocenters. The average molecular weight is 213 g/mol. The molecule has 6 heteroatoms. The van der Waals surface area contributed by atoms with E-state index in [1.54, 1.807) is 13.1 Å². The lowest BCUT2D eigenvalue weighted by molar-refractivity contribution is -0.115. The van der Waals surface area contributed by atoms with E-state index < -0.39 is 0 Å². The highest BCUT2D eigenvalue weighted by atomic mass is 35.5. The lowest BCUT2D eigenvalue weighted by atomic mass is 10.1. The number of halogens is 1. The predicted molar refractivity (Wildman–Crippen MR) is 48.5 cm³/mol. The van der Waals surface area contributed by atoms with Crippen LogP contribution in [-0.4, -0.2) is 29.7 Å². The molecule has 14 heavy (non-hydrogen) atoms. The van der Waals surface area contributed by atoms with Crippen LogP contribution in [0.1, 0.15) is 6.92 Å². The van der Waals surface area contributed by atoms with Gasteiger partial charge in [0, 0.05) is 6.20 Å². The summed E-state index contributed by atoms with van der Waals surface area (Å²) in [6, 6.07) is 0. The van der Waals surface area contributed by atoms with Gasteiger partial charge in [-0.25, -0.2) is 4.99 Å². The molecule has 0 aromatic heterocycles. The minimum atomic E-state index is -0.206. The summed E-state index contributed by atoms with van der Waals surface area (Å²) in [6.07, 6.45) is 2.75. The minimum absolute atomic E-state index is 0. The van der Waals surface area contributed by atoms with E-state index in [1.807, 2.05) is 0 Å². The maximum atomic E-state index is 11.3. The molecular formula is C8H9ClN4O. The van der Waals surface area contributed by atoms with Crippen LogP contribution >= 0.6 is 0 Å². The predicted octanol–water partition coefficient (Wildman–Crippen LogP) is -4.92. The van der Waals surface area contributed by atoms with Crippen LogP contribution < -0.4 is 23.1 Å². The number of carbonyl (C=O) groups excluding carboxylic acids is 1. The first-order valence-corrected chi connectivity index (χ1v) is 3.94. The van der Waals surface area contributed by atoms with Gasteiger partial charge in [-0.05, 0) is 6.92 Å². The van der Waals surface area contributed by atoms with Crippen LogP contribution in [0.15, 0.2) is 21.8 Å². The van der Waals surface area contributed by atoms with Gasteiger partial charge in [0.05, 0.1) is 5.57 Å². The molecule has 0 aliphatic carbocycles. The van der Waals surface area contributed by atoms with E-state index in [9.17, 15) is 4.79 Å². The van der Waals surface area contributed by atoms with Crippen LogP contribution in [-0.2, 0) is 4.79 Å². The van der Waals surface area contributed by atoms with Crippen molar-refractivity contribution in [1.29, 1.82) is 0 Å². The average Bonchev–Trinajstić information content (AvgIpc) is 2.47. The van der Waals surface area contributed by atoms with Crippen molar-refractivity contribution in [3.05, 3.63) is 11.8 Å². The number of rotatable bonds is 1. The number of carbonyl (C=O) groups is 1. The van der Waals surface area contributed by atoms with Gasteiger partial charge in [0.2, 0.25) is 0 Å². The van der Waals surface area contributed by atoms with Gasteiger partial charge in [-0.2, -0.15) is 0 Å². The fraction of sp³-hybridized carbons (Fsp3) is 0.250. The number of fused-ring (bicyclic) bond motifs is 1. The van der Waals surface area contributed by atoms with Crippen LogP contribution in [0.2, 0.25) is 0 Å². The molecule has 2 aliphatic rings. The van der Waals surface area contributed by atoms with E-state index in [2.05, 4.69) is 15.3 Å². The Morgan fingerprint density at radius 2 is 2.29 bits per heavy atom. The zero-order valence-electron chi connectivity index (χ0n) is 7.49. The molecular weight excluding hydrogens is 204 g/mol. The van der Waals surface area contributed by atoms with Crippen molar-refractivity contribution in [2.45, 2.75) is 13.1 Å². The van der Waals surface area contributed by atoms with Crippen LogP contribution in [0, 0.1) is 0 Å². The normalized spacial score (nSPS) is 23.6. The Kier molecular flexibility index (Phi) is 2.81. The van der Waals surface area contributed by atoms with Gasteiger partial charge >= 0.3 is 0 Å². The summed E-state index contributed by atoms with van der Waals surface area (Å²) in [5, 5.41) is 8.00. The number of allylic oxidation sites excluding steroid dienone is 1. The van der Waals surface area contributed by atoms with Crippen LogP contribution in [0.5, 0.6) is 0 Å². The summed E-state index contributed by atoms with van der Waals surface area (Å²) in [7, 11) is 0. The second-order valence-electron chi connectivity index (χ2n) is 2.86. The Hall–Kier alpha value is -1.49. The lowest BCUT2D eigenvalue weighted by Gasteiger charge is -2.16. The number of hydrogen-bond acceptors (Lipinski definition) is 3. The molecule has 0 aromatic carbocycles. The van der Waals surface area contributed by atoms with E-state index in [-0.39, 0.29) is 24.5 Å². The van der Waals surface area contributed by atoms with Crippen molar-refractivity contribution in [3.8, 4) is 0 Å². The third kappa shape index (κ3) is 1.46. The molecule has 2 rings (SSSR count). The van der Waals surface area contributed by atoms with Crippen LogP contribution in [0.4, 0.5) is 0 Å². The fourth-order valence-corrected chi connectivity index (χ4v) is 1.30. The Morgan fingerprint density at radius 3 is 2.93 bits per heavy atom. The van der Waals surface area contributed by atoms with E-state index in [0.29, 0.717) is 17.0 Å². The minimum Gasteiger partial charge on any atom is -1.00 e. The van der Waals surface area contributed by atoms with Crippen molar-refractivity contribution in [3.63, 3.8) is 0 Å². The van der Waals surface area contributed by atoms with Gasteiger partial charge in [0.1, 0.15) is 11.9 Å². The topological polar surface area (TPSA) is 79.4 Å². The largest absolute Gasteiger partial charge is 1.00 e. The van der Waals surface area contributed by atoms with Gasteiger partial charge in [0.25, 0.3) is 5.91 Å². The first-order valence-electron chi connectivity index (χ1n) is 3.94. The van der Waals surface area contributed by atoms with Gasteiger partial charge in [-0.15, -0.1) is 0 Å². The quantitative estimate of drug-likeness (QED) is 0.420. The van der Waals surface area contributed by atoms with E-state index in [4.69, 9.17) is 5.41 Å². The molecule has 0 aromatic rings. The van der Waals surface area contributed by atoms with E-state index in [0.717, 1.165) is 0 Å². The van der Waals surface area contributed by atoms with Gasteiger partial charge in [-0.3, -0.25) is 15.2 Å². The molecule has 2 aliphatic heterocycles. The SMILES string of the molecule is CC1N=C2C(C=[NH2+])=CN=C2C(=O)N1.[Cl-]. The van der Waals surface area contributed by atoms with Crippen molar-refractivity contribution < 1.29 is 22.6 Å². The summed E-state index contributed by atoms with van der Waals surface area (Å²) in [6.45, 7) is 1.80. The highest BCUT2D eigenvalue weighted by Crippen LogP contribution is 2.11. The number of aliphatic imine (C=N–C) groups is 2. The lowest BCUT2D eigenvalue weighted by Crippen LogP contribution is -3.00. The van der Waals surface area contributed by atoms with Crippen LogP contribution in [0.3, 0.4) is 0 Å². The molecule has 1 unspecified atom stereocenters. The smallest absolute Gasteiger partial charge is 0.273 e. The number of nitrogens with one attached hydrogen (secondary N) is 1. The first-order chi connectivity index (χ1) is 6.22. The molecule has 2 heterocycles. The standard InChI is InChI=1S/C8H8N4O.ClH/c1-4-11-6-5(2-9)3-10-7(6)8(13)12-4;/h2-4,9H,1H3,(H,12,13);1H. The molecule has 0 bridgehead atoms. The Morgan fingerprint density at radius 1 is 1.57 bits per heavy atom. The zero-order chi connectivity index (χ0) is 9.42. The zero-order valence-corrected chi connectivity index (χ0v) is 8.25. The van der Waals surface area contributed by atoms with Crippen molar-refractivity contribution in [2.75, 3.05) is 0 Å². The number of amides is 1. The van der Waals surface area contributed by atoms with Gasteiger partial charge < -0.3 is 17.7 Å². The summed E-state index contributed by atoms with van der Waals surface area (Å²) in [5.74, 6) is -0.189. The summed E-state index contributed by atoms with van der Waals surface area (Å²) < 4.78 is 0.